The Morgan fingerprint density at radius 2 is 1.45 bits per heavy atom. The number of para-hydroxylation sites is 2. The molecule has 4 heterocycles. The predicted octanol–water partition coefficient (Wildman–Crippen LogP) is 4.53. The van der Waals surface area contributed by atoms with Gasteiger partial charge in [-0.1, -0.05) is 80.6 Å². The van der Waals surface area contributed by atoms with Crippen molar-refractivity contribution >= 4 is 39.2 Å². The van der Waals surface area contributed by atoms with Crippen molar-refractivity contribution in [3.05, 3.63) is 113 Å². The third kappa shape index (κ3) is 2.72. The van der Waals surface area contributed by atoms with Gasteiger partial charge >= 0.3 is 0 Å². The lowest BCUT2D eigenvalue weighted by atomic mass is 9.75. The number of imide groups is 1. The zero-order valence-electron chi connectivity index (χ0n) is 22.0. The summed E-state index contributed by atoms with van der Waals surface area (Å²) in [5.41, 5.74) is 1.34. The number of amides is 2. The second-order valence-corrected chi connectivity index (χ2v) is 11.3. The highest BCUT2D eigenvalue weighted by Crippen LogP contribution is 2.56. The molecule has 4 aromatic carbocycles. The second kappa shape index (κ2) is 7.96. The van der Waals surface area contributed by atoms with Crippen molar-refractivity contribution in [1.82, 2.24) is 14.9 Å². The van der Waals surface area contributed by atoms with Gasteiger partial charge in [0.1, 0.15) is 11.4 Å². The maximum atomic E-state index is 14.7. The molecule has 8 rings (SSSR count). The summed E-state index contributed by atoms with van der Waals surface area (Å²) in [4.78, 5) is 49.4. The maximum Gasteiger partial charge on any atom is 0.266 e. The van der Waals surface area contributed by atoms with Gasteiger partial charge in [0, 0.05) is 17.0 Å². The summed E-state index contributed by atoms with van der Waals surface area (Å²) in [5.74, 6) is -1.36. The summed E-state index contributed by atoms with van der Waals surface area (Å²) >= 11 is 0. The number of nitrogens with one attached hydrogen (secondary N) is 1. The van der Waals surface area contributed by atoms with Crippen molar-refractivity contribution in [3.8, 4) is 5.69 Å². The van der Waals surface area contributed by atoms with E-state index < -0.39 is 17.4 Å². The molecular formula is C33H26N4O3. The van der Waals surface area contributed by atoms with E-state index in [-0.39, 0.29) is 29.3 Å². The summed E-state index contributed by atoms with van der Waals surface area (Å²) in [6.45, 7) is 4.13. The van der Waals surface area contributed by atoms with Crippen molar-refractivity contribution < 1.29 is 9.59 Å². The average molecular weight is 527 g/mol. The first-order valence-corrected chi connectivity index (χ1v) is 13.7. The standard InChI is InChI=1S/C33H26N4O3/c1-18(2)28-26-27(31(40)36(30(26)39)24-17-9-11-19-10-3-4-12-20(19)24)33(35-28)22-14-6-8-16-25(22)37-29(38)21-13-5-7-15-23(21)34-32(33)37/h3-18,26-28,35H,1-2H3/t26-,27-,28-,33+/m1/s1. The smallest absolute Gasteiger partial charge is 0.266 e. The van der Waals surface area contributed by atoms with Crippen LogP contribution in [-0.2, 0) is 15.1 Å². The molecule has 3 aliphatic rings. The first-order valence-electron chi connectivity index (χ1n) is 13.7. The molecule has 40 heavy (non-hydrogen) atoms. The minimum atomic E-state index is -1.13. The van der Waals surface area contributed by atoms with E-state index in [0.29, 0.717) is 28.1 Å². The number of anilines is 1. The molecule has 5 aromatic rings. The molecular weight excluding hydrogens is 500 g/mol. The second-order valence-electron chi connectivity index (χ2n) is 11.3. The highest BCUT2D eigenvalue weighted by Gasteiger charge is 2.70. The van der Waals surface area contributed by atoms with Gasteiger partial charge in [-0.05, 0) is 35.6 Å². The molecule has 7 nitrogen and oxygen atoms in total. The van der Waals surface area contributed by atoms with E-state index in [1.807, 2.05) is 84.9 Å². The average Bonchev–Trinajstić information content (AvgIpc) is 3.56. The Hall–Kier alpha value is -4.62. The van der Waals surface area contributed by atoms with Gasteiger partial charge in [0.15, 0.2) is 0 Å². The predicted molar refractivity (Wildman–Crippen MR) is 153 cm³/mol. The number of fused-ring (bicyclic) bond motifs is 9. The number of hydrogen-bond acceptors (Lipinski definition) is 5. The number of aromatic nitrogens is 2. The van der Waals surface area contributed by atoms with Gasteiger partial charge in [-0.15, -0.1) is 0 Å². The summed E-state index contributed by atoms with van der Waals surface area (Å²) < 4.78 is 1.64. The van der Waals surface area contributed by atoms with Gasteiger partial charge < -0.3 is 0 Å². The first-order chi connectivity index (χ1) is 19.4. The molecule has 1 spiro atoms. The number of carbonyl (C=O) groups excluding carboxylic acids is 2. The topological polar surface area (TPSA) is 84.3 Å². The fraction of sp³-hybridized carbons (Fsp3) is 0.212. The highest BCUT2D eigenvalue weighted by molar-refractivity contribution is 6.26. The van der Waals surface area contributed by atoms with Crippen LogP contribution in [0.15, 0.2) is 95.8 Å². The third-order valence-corrected chi connectivity index (χ3v) is 9.02. The van der Waals surface area contributed by atoms with E-state index >= 15 is 0 Å². The summed E-state index contributed by atoms with van der Waals surface area (Å²) in [6.07, 6.45) is 0. The fourth-order valence-electron chi connectivity index (χ4n) is 7.37. The van der Waals surface area contributed by atoms with Crippen LogP contribution in [0.1, 0.15) is 25.2 Å². The summed E-state index contributed by atoms with van der Waals surface area (Å²) in [6, 6.07) is 28.1. The van der Waals surface area contributed by atoms with Crippen LogP contribution in [0.3, 0.4) is 0 Å². The molecule has 4 atom stereocenters. The van der Waals surface area contributed by atoms with Crippen molar-refractivity contribution in [2.24, 2.45) is 17.8 Å². The zero-order valence-corrected chi connectivity index (χ0v) is 22.0. The van der Waals surface area contributed by atoms with Crippen LogP contribution in [0, 0.1) is 17.8 Å². The number of nitrogens with zero attached hydrogens (tertiary/aromatic N) is 3. The van der Waals surface area contributed by atoms with Crippen LogP contribution in [0.5, 0.6) is 0 Å². The van der Waals surface area contributed by atoms with Crippen LogP contribution < -0.4 is 15.8 Å². The molecule has 7 heteroatoms. The zero-order chi connectivity index (χ0) is 27.3. The van der Waals surface area contributed by atoms with Crippen molar-refractivity contribution in [2.45, 2.75) is 25.4 Å². The molecule has 1 aromatic heterocycles. The third-order valence-electron chi connectivity index (χ3n) is 9.02. The molecule has 0 radical (unpaired) electrons. The van der Waals surface area contributed by atoms with E-state index in [2.05, 4.69) is 19.2 Å². The normalized spacial score (nSPS) is 24.9. The lowest BCUT2D eigenvalue weighted by Gasteiger charge is -2.32. The molecule has 2 fully saturated rings. The monoisotopic (exact) mass is 526 g/mol. The maximum absolute atomic E-state index is 14.7. The van der Waals surface area contributed by atoms with Gasteiger partial charge in [0.25, 0.3) is 5.56 Å². The Labute approximate surface area is 230 Å². The Balaban J connectivity index is 1.43. The van der Waals surface area contributed by atoms with Crippen LogP contribution in [-0.4, -0.2) is 27.4 Å². The van der Waals surface area contributed by atoms with Crippen molar-refractivity contribution in [2.75, 3.05) is 4.90 Å². The van der Waals surface area contributed by atoms with E-state index in [4.69, 9.17) is 4.98 Å². The van der Waals surface area contributed by atoms with E-state index in [1.54, 1.807) is 10.6 Å². The Kier molecular flexibility index (Phi) is 4.63. The number of benzene rings is 4. The molecule has 0 bridgehead atoms. The quantitative estimate of drug-likeness (QED) is 0.342. The number of hydrogen-bond donors (Lipinski definition) is 1. The SMILES string of the molecule is CC(C)[C@H]1N[C@@]2(c3ccccc3-n3c2nc2ccccc2c3=O)[C@H]2C(=O)N(c3cccc4ccccc34)C(=O)[C@@H]12. The van der Waals surface area contributed by atoms with E-state index in [0.717, 1.165) is 16.3 Å². The lowest BCUT2D eigenvalue weighted by molar-refractivity contribution is -0.123. The molecule has 0 unspecified atom stereocenters. The highest BCUT2D eigenvalue weighted by atomic mass is 16.2. The Bertz CT molecular complexity index is 1970. The minimum absolute atomic E-state index is 0.0458. The van der Waals surface area contributed by atoms with Crippen LogP contribution in [0.4, 0.5) is 5.69 Å². The van der Waals surface area contributed by atoms with E-state index in [1.165, 1.54) is 4.90 Å². The van der Waals surface area contributed by atoms with Gasteiger partial charge in [-0.3, -0.25) is 24.3 Å². The molecule has 196 valence electrons. The lowest BCUT2D eigenvalue weighted by Crippen LogP contribution is -2.51. The summed E-state index contributed by atoms with van der Waals surface area (Å²) in [5, 5.41) is 6.07. The Morgan fingerprint density at radius 3 is 2.27 bits per heavy atom. The number of carbonyl (C=O) groups is 2. The van der Waals surface area contributed by atoms with Gasteiger partial charge in [0.2, 0.25) is 11.8 Å². The molecule has 2 amide bonds. The van der Waals surface area contributed by atoms with Crippen LogP contribution >= 0.6 is 0 Å². The first kappa shape index (κ1) is 23.3. The van der Waals surface area contributed by atoms with Crippen LogP contribution in [0.2, 0.25) is 0 Å². The van der Waals surface area contributed by atoms with Gasteiger partial charge in [0.05, 0.1) is 34.1 Å². The molecule has 0 aliphatic carbocycles. The molecule has 0 saturated carbocycles. The largest absolute Gasteiger partial charge is 0.296 e. The van der Waals surface area contributed by atoms with E-state index in [9.17, 15) is 14.4 Å². The van der Waals surface area contributed by atoms with Crippen LogP contribution in [0.25, 0.3) is 27.4 Å². The molecule has 1 N–H and O–H groups in total. The fourth-order valence-corrected chi connectivity index (χ4v) is 7.37. The Morgan fingerprint density at radius 1 is 0.775 bits per heavy atom. The summed E-state index contributed by atoms with van der Waals surface area (Å²) in [7, 11) is 0. The molecule has 2 saturated heterocycles. The van der Waals surface area contributed by atoms with Crippen molar-refractivity contribution in [1.29, 1.82) is 0 Å². The minimum Gasteiger partial charge on any atom is -0.296 e. The van der Waals surface area contributed by atoms with Gasteiger partial charge in [-0.25, -0.2) is 9.88 Å². The van der Waals surface area contributed by atoms with Crippen molar-refractivity contribution in [3.63, 3.8) is 0 Å². The molecule has 3 aliphatic heterocycles. The number of rotatable bonds is 2. The van der Waals surface area contributed by atoms with Gasteiger partial charge in [-0.2, -0.15) is 0 Å².